The first-order valence-electron chi connectivity index (χ1n) is 4.84. The lowest BCUT2D eigenvalue weighted by atomic mass is 10.1. The van der Waals surface area contributed by atoms with E-state index in [9.17, 15) is 0 Å². The van der Waals surface area contributed by atoms with Gasteiger partial charge in [0.15, 0.2) is 1.41 Å². The number of ether oxygens (including phenoxy) is 1. The normalized spacial score (nSPS) is 12.9. The van der Waals surface area contributed by atoms with Crippen molar-refractivity contribution < 1.29 is 6.15 Å². The fourth-order valence-electron chi connectivity index (χ4n) is 1.05. The van der Waals surface area contributed by atoms with E-state index in [1.165, 1.54) is 0 Å². The van der Waals surface area contributed by atoms with Crippen LogP contribution in [-0.2, 0) is 0 Å². The Hall–Kier alpha value is -1.31. The van der Waals surface area contributed by atoms with Crippen molar-refractivity contribution in [3.05, 3.63) is 29.8 Å². The number of hydrogen-bond acceptors (Lipinski definition) is 2. The molecule has 0 bridgehead atoms. The monoisotopic (exact) mass is 179 g/mol. The Morgan fingerprint density at radius 2 is 2.00 bits per heavy atom. The van der Waals surface area contributed by atoms with Crippen molar-refractivity contribution >= 4 is 5.71 Å². The molecule has 0 amide bonds. The quantitative estimate of drug-likeness (QED) is 0.711. The summed E-state index contributed by atoms with van der Waals surface area (Å²) in [5, 5.41) is 3.38. The molecule has 70 valence electrons. The number of nitrogens with one attached hydrogen (secondary N) is 1. The van der Waals surface area contributed by atoms with Crippen LogP contribution in [0.15, 0.2) is 24.3 Å². The van der Waals surface area contributed by atoms with Crippen LogP contribution in [0.3, 0.4) is 0 Å². The van der Waals surface area contributed by atoms with Gasteiger partial charge >= 0.3 is 0 Å². The Kier molecular flexibility index (Phi) is 2.60. The number of rotatable bonds is 3. The highest BCUT2D eigenvalue weighted by Gasteiger charge is 1.98. The van der Waals surface area contributed by atoms with Gasteiger partial charge in [-0.2, -0.15) is 0 Å². The van der Waals surface area contributed by atoms with Gasteiger partial charge in [0.05, 0.1) is 6.10 Å². The van der Waals surface area contributed by atoms with E-state index in [1.807, 2.05) is 45.0 Å². The molecule has 0 unspecified atom stereocenters. The largest absolute Gasteiger partial charge is 0.491 e. The summed E-state index contributed by atoms with van der Waals surface area (Å²) < 4.78 is 12.4. The molecule has 0 heterocycles. The average Bonchev–Trinajstić information content (AvgIpc) is 2.17. The summed E-state index contributed by atoms with van der Waals surface area (Å²) in [6.45, 7) is 5.79. The molecule has 0 saturated heterocycles. The third-order valence-corrected chi connectivity index (χ3v) is 1.64. The first-order valence-corrected chi connectivity index (χ1v) is 4.39. The molecule has 0 fully saturated rings. The van der Waals surface area contributed by atoms with Gasteiger partial charge in [0.2, 0.25) is 0 Å². The molecule has 0 atom stereocenters. The first kappa shape index (κ1) is 8.30. The average molecular weight is 179 g/mol. The second-order valence-corrected chi connectivity index (χ2v) is 3.28. The molecule has 0 aliphatic carbocycles. The zero-order valence-electron chi connectivity index (χ0n) is 9.24. The minimum absolute atomic E-state index is 0.187. The Morgan fingerprint density at radius 3 is 2.46 bits per heavy atom. The summed E-state index contributed by atoms with van der Waals surface area (Å²) in [6.07, 6.45) is 0.187. The number of benzene rings is 1. The minimum Gasteiger partial charge on any atom is -0.491 e. The van der Waals surface area contributed by atoms with Crippen LogP contribution in [0.1, 0.15) is 26.3 Å². The van der Waals surface area contributed by atoms with E-state index in [1.54, 1.807) is 0 Å². The molecule has 0 saturated carbocycles. The van der Waals surface area contributed by atoms with E-state index < -0.39 is 0 Å². The van der Waals surface area contributed by atoms with Gasteiger partial charge in [-0.1, -0.05) is 0 Å². The molecule has 2 nitrogen and oxygen atoms in total. The summed E-state index contributed by atoms with van der Waals surface area (Å²) in [6, 6.07) is 7.60. The highest BCUT2D eigenvalue weighted by atomic mass is 16.5. The maximum absolute atomic E-state index is 6.87. The van der Waals surface area contributed by atoms with Crippen LogP contribution in [0.4, 0.5) is 0 Å². The third-order valence-electron chi connectivity index (χ3n) is 1.64. The highest BCUT2D eigenvalue weighted by Crippen LogP contribution is 2.13. The Balaban J connectivity index is 2.78. The van der Waals surface area contributed by atoms with Crippen molar-refractivity contribution in [3.8, 4) is 5.75 Å². The van der Waals surface area contributed by atoms with Crippen LogP contribution >= 0.6 is 0 Å². The Bertz CT molecular complexity index is 317. The molecule has 13 heavy (non-hydrogen) atoms. The summed E-state index contributed by atoms with van der Waals surface area (Å²) in [5.74, 6) is 0.849. The van der Waals surface area contributed by atoms with Crippen molar-refractivity contribution in [2.24, 2.45) is 0 Å². The third kappa shape index (κ3) is 2.90. The molecule has 0 spiro atoms. The van der Waals surface area contributed by atoms with Crippen LogP contribution in [0.5, 0.6) is 5.75 Å². The molecule has 0 radical (unpaired) electrons. The second-order valence-electron chi connectivity index (χ2n) is 3.28. The summed E-state index contributed by atoms with van der Waals surface area (Å²) in [7, 11) is 0. The van der Waals surface area contributed by atoms with Crippen molar-refractivity contribution in [3.63, 3.8) is 0 Å². The van der Waals surface area contributed by atoms with E-state index in [0.29, 0.717) is 5.71 Å². The zero-order valence-corrected chi connectivity index (χ0v) is 8.24. The molecule has 2 heteroatoms. The lowest BCUT2D eigenvalue weighted by Crippen LogP contribution is -2.05. The molecule has 0 aromatic heterocycles. The van der Waals surface area contributed by atoms with Crippen LogP contribution in [-0.4, -0.2) is 11.8 Å². The molecule has 1 aromatic carbocycles. The maximum Gasteiger partial charge on any atom is 0.187 e. The summed E-state index contributed by atoms with van der Waals surface area (Å²) in [5.41, 5.74) is 1.66. The van der Waals surface area contributed by atoms with Crippen molar-refractivity contribution in [1.82, 2.24) is 0 Å². The first-order chi connectivity index (χ1) is 6.63. The Morgan fingerprint density at radius 1 is 1.38 bits per heavy atom. The van der Waals surface area contributed by atoms with Crippen molar-refractivity contribution in [2.75, 3.05) is 0 Å². The molecule has 0 aliphatic rings. The van der Waals surface area contributed by atoms with Gasteiger partial charge in [-0.05, 0) is 50.6 Å². The van der Waals surface area contributed by atoms with E-state index in [4.69, 9.17) is 6.15 Å². The van der Waals surface area contributed by atoms with E-state index >= 15 is 0 Å². The van der Waals surface area contributed by atoms with Crippen molar-refractivity contribution in [2.45, 2.75) is 26.9 Å². The highest BCUT2D eigenvalue weighted by molar-refractivity contribution is 5.96. The topological polar surface area (TPSA) is 33.1 Å². The summed E-state index contributed by atoms with van der Waals surface area (Å²) in [4.78, 5) is 0. The van der Waals surface area contributed by atoms with Gasteiger partial charge in [0, 0.05) is 5.71 Å². The van der Waals surface area contributed by atoms with Gasteiger partial charge in [-0.3, -0.25) is 0 Å². The fraction of sp³-hybridized carbons (Fsp3) is 0.364. The molecule has 0 aliphatic heterocycles. The number of hydrogen-bond donors (Lipinski definition) is 1. The minimum atomic E-state index is 0.187. The SMILES string of the molecule is [3H]/N=C(\C)c1ccc(OC(C)C)cc1. The van der Waals surface area contributed by atoms with Crippen molar-refractivity contribution in [1.29, 1.82) is 5.40 Å². The Labute approximate surface area is 80.5 Å². The molecular formula is C11H15NO. The predicted molar refractivity (Wildman–Crippen MR) is 54.7 cm³/mol. The van der Waals surface area contributed by atoms with Gasteiger partial charge in [0.25, 0.3) is 0 Å². The van der Waals surface area contributed by atoms with Gasteiger partial charge < -0.3 is 10.1 Å². The van der Waals surface area contributed by atoms with E-state index in [2.05, 4.69) is 5.40 Å². The lowest BCUT2D eigenvalue weighted by Gasteiger charge is -2.09. The van der Waals surface area contributed by atoms with Gasteiger partial charge in [0.1, 0.15) is 5.75 Å². The van der Waals surface area contributed by atoms with E-state index in [0.717, 1.165) is 11.3 Å². The zero-order chi connectivity index (χ0) is 10.6. The van der Waals surface area contributed by atoms with Gasteiger partial charge in [-0.15, -0.1) is 0 Å². The van der Waals surface area contributed by atoms with Crippen LogP contribution in [0.25, 0.3) is 0 Å². The smallest absolute Gasteiger partial charge is 0.187 e. The molecule has 1 N–H and O–H groups in total. The molecule has 1 rings (SSSR count). The second kappa shape index (κ2) is 4.08. The van der Waals surface area contributed by atoms with Crippen LogP contribution in [0, 0.1) is 5.40 Å². The molecular weight excluding hydrogens is 162 g/mol. The van der Waals surface area contributed by atoms with Crippen LogP contribution in [0.2, 0.25) is 1.41 Å². The standard InChI is InChI=1S/C11H15NO/c1-8(2)13-11-6-4-10(5-7-11)9(3)12/h4-8,12H,1-3H3/b12-9+/i/hT. The lowest BCUT2D eigenvalue weighted by molar-refractivity contribution is 0.242. The predicted octanol–water partition coefficient (Wildman–Crippen LogP) is 2.86. The summed E-state index contributed by atoms with van der Waals surface area (Å²) >= 11 is 0. The van der Waals surface area contributed by atoms with E-state index in [-0.39, 0.29) is 6.10 Å². The molecule has 1 aromatic rings. The fourth-order valence-corrected chi connectivity index (χ4v) is 1.05. The van der Waals surface area contributed by atoms with Crippen LogP contribution < -0.4 is 4.74 Å². The maximum atomic E-state index is 6.87. The van der Waals surface area contributed by atoms with Gasteiger partial charge in [-0.25, -0.2) is 0 Å².